The van der Waals surface area contributed by atoms with Gasteiger partial charge in [0.2, 0.25) is 5.91 Å². The molecule has 0 saturated carbocycles. The van der Waals surface area contributed by atoms with Crippen LogP contribution in [0.4, 0.5) is 10.6 Å². The maximum absolute atomic E-state index is 13.8. The molecule has 7 rings (SSSR count). The Kier molecular flexibility index (Phi) is 13.2. The first kappa shape index (κ1) is 45.1. The minimum Gasteiger partial charge on any atom is -0.443 e. The van der Waals surface area contributed by atoms with Crippen molar-refractivity contribution in [2.75, 3.05) is 32.2 Å². The second-order valence-corrected chi connectivity index (χ2v) is 24.4. The maximum atomic E-state index is 13.8. The van der Waals surface area contributed by atoms with E-state index in [0.717, 1.165) is 51.9 Å². The summed E-state index contributed by atoms with van der Waals surface area (Å²) in [5.74, 6) is 4.01. The van der Waals surface area contributed by atoms with Crippen molar-refractivity contribution in [1.29, 1.82) is 0 Å². The van der Waals surface area contributed by atoms with Gasteiger partial charge in [0.05, 0.1) is 22.7 Å². The smallest absolute Gasteiger partial charge is 0.419 e. The van der Waals surface area contributed by atoms with Crippen LogP contribution in [0, 0.1) is 11.8 Å². The predicted molar refractivity (Wildman–Crippen MR) is 241 cm³/mol. The van der Waals surface area contributed by atoms with E-state index in [4.69, 9.17) is 9.47 Å². The van der Waals surface area contributed by atoms with Crippen LogP contribution in [0.5, 0.6) is 0 Å². The number of rotatable bonds is 12. The molecule has 2 atom stereocenters. The van der Waals surface area contributed by atoms with Gasteiger partial charge in [-0.25, -0.2) is 14.3 Å². The highest BCUT2D eigenvalue weighted by atomic mass is 28.3. The standard InChI is InChI=1S/C48H56N6O8Si/c1-48(2,3)62-47(60)53-38-28-40(49-29-34(38)27-39(53)36-17-12-24-51(36)4)50-43(56)33-20-18-31(19-21-33)13-9-8-10-14-32-15-11-16-35-42(32)46(59)54(44(35)57)37-22-23-41(55)52(45(37)58)30-61-25-26-63(5,6)7/h11,15-16,18-21,27-29,36-37H,8-9,12-13,17,22-26,30H2,1-7H3,(H,49,50,56)/t36-,37?/m1/s1. The molecule has 2 saturated heterocycles. The van der Waals surface area contributed by atoms with Crippen LogP contribution in [-0.4, -0.2) is 107 Å². The number of hydrogen-bond donors (Lipinski definition) is 1. The fourth-order valence-electron chi connectivity index (χ4n) is 8.20. The predicted octanol–water partition coefficient (Wildman–Crippen LogP) is 7.64. The third-order valence-electron chi connectivity index (χ3n) is 11.6. The molecule has 3 aliphatic heterocycles. The highest BCUT2D eigenvalue weighted by Gasteiger charge is 2.47. The number of fused-ring (bicyclic) bond motifs is 2. The van der Waals surface area contributed by atoms with Gasteiger partial charge >= 0.3 is 6.09 Å². The normalized spacial score (nSPS) is 18.2. The number of hydrogen-bond acceptors (Lipinski definition) is 10. The Morgan fingerprint density at radius 1 is 0.968 bits per heavy atom. The Labute approximate surface area is 369 Å². The molecule has 15 heteroatoms. The molecule has 1 unspecified atom stereocenters. The number of carbonyl (C=O) groups is 6. The summed E-state index contributed by atoms with van der Waals surface area (Å²) in [6, 6.07) is 15.7. The number of anilines is 1. The van der Waals surface area contributed by atoms with Crippen molar-refractivity contribution >= 4 is 60.4 Å². The van der Waals surface area contributed by atoms with E-state index in [1.165, 1.54) is 0 Å². The van der Waals surface area contributed by atoms with E-state index < -0.39 is 43.5 Å². The van der Waals surface area contributed by atoms with Gasteiger partial charge in [-0.3, -0.25) is 38.7 Å². The van der Waals surface area contributed by atoms with Crippen LogP contribution in [0.2, 0.25) is 25.7 Å². The van der Waals surface area contributed by atoms with Crippen LogP contribution < -0.4 is 5.32 Å². The van der Waals surface area contributed by atoms with Gasteiger partial charge in [0.1, 0.15) is 24.2 Å². The lowest BCUT2D eigenvalue weighted by molar-refractivity contribution is -0.158. The van der Waals surface area contributed by atoms with Gasteiger partial charge in [-0.15, -0.1) is 0 Å². The first-order valence-electron chi connectivity index (χ1n) is 21.7. The average Bonchev–Trinajstić information content (AvgIpc) is 3.89. The summed E-state index contributed by atoms with van der Waals surface area (Å²) >= 11 is 0. The van der Waals surface area contributed by atoms with Crippen LogP contribution in [0.15, 0.2) is 60.8 Å². The Morgan fingerprint density at radius 2 is 1.73 bits per heavy atom. The molecule has 3 aliphatic rings. The van der Waals surface area contributed by atoms with E-state index in [9.17, 15) is 28.8 Å². The number of aromatic nitrogens is 2. The van der Waals surface area contributed by atoms with Crippen molar-refractivity contribution in [3.05, 3.63) is 94.3 Å². The van der Waals surface area contributed by atoms with E-state index in [1.807, 2.05) is 46.0 Å². The zero-order valence-corrected chi connectivity index (χ0v) is 38.2. The second kappa shape index (κ2) is 18.4. The molecule has 0 aliphatic carbocycles. The number of carbonyl (C=O) groups excluding carboxylic acids is 6. The molecule has 5 amide bonds. The van der Waals surface area contributed by atoms with E-state index >= 15 is 0 Å². The summed E-state index contributed by atoms with van der Waals surface area (Å²) in [5.41, 5.74) is 2.97. The van der Waals surface area contributed by atoms with Crippen molar-refractivity contribution in [2.45, 2.75) is 109 Å². The van der Waals surface area contributed by atoms with E-state index in [2.05, 4.69) is 46.7 Å². The summed E-state index contributed by atoms with van der Waals surface area (Å²) in [7, 11) is 0.668. The molecule has 1 N–H and O–H groups in total. The van der Waals surface area contributed by atoms with Crippen LogP contribution in [0.25, 0.3) is 10.9 Å². The summed E-state index contributed by atoms with van der Waals surface area (Å²) in [4.78, 5) is 89.1. The summed E-state index contributed by atoms with van der Waals surface area (Å²) in [6.45, 7) is 13.3. The summed E-state index contributed by atoms with van der Waals surface area (Å²) in [5, 5.41) is 3.66. The number of aryl methyl sites for hydroxylation is 1. The van der Waals surface area contributed by atoms with Gasteiger partial charge in [-0.1, -0.05) is 49.7 Å². The number of unbranched alkanes of at least 4 members (excludes halogenated alkanes) is 1. The molecule has 2 aromatic carbocycles. The van der Waals surface area contributed by atoms with Gasteiger partial charge < -0.3 is 14.8 Å². The number of amides is 5. The zero-order valence-electron chi connectivity index (χ0n) is 37.2. The van der Waals surface area contributed by atoms with Crippen LogP contribution in [-0.2, 0) is 25.5 Å². The fraction of sp³-hybridized carbons (Fsp3) is 0.438. The fourth-order valence-corrected chi connectivity index (χ4v) is 8.96. The topological polar surface area (TPSA) is 160 Å². The highest BCUT2D eigenvalue weighted by Crippen LogP contribution is 2.36. The number of nitrogens with one attached hydrogen (secondary N) is 1. The summed E-state index contributed by atoms with van der Waals surface area (Å²) < 4.78 is 13.1. The van der Waals surface area contributed by atoms with Crippen molar-refractivity contribution < 1.29 is 38.2 Å². The zero-order chi connectivity index (χ0) is 45.2. The molecular formula is C48H56N6O8Si. The molecule has 2 fully saturated rings. The molecule has 5 heterocycles. The minimum atomic E-state index is -1.38. The van der Waals surface area contributed by atoms with Crippen LogP contribution in [0.1, 0.15) is 113 Å². The molecule has 14 nitrogen and oxygen atoms in total. The number of imide groups is 2. The van der Waals surface area contributed by atoms with Crippen molar-refractivity contribution in [3.8, 4) is 11.8 Å². The number of piperidine rings is 1. The Morgan fingerprint density at radius 3 is 2.43 bits per heavy atom. The summed E-state index contributed by atoms with van der Waals surface area (Å²) in [6.07, 6.45) is 5.11. The highest BCUT2D eigenvalue weighted by molar-refractivity contribution is 6.76. The first-order chi connectivity index (χ1) is 29.9. The molecule has 0 bridgehead atoms. The number of benzene rings is 2. The number of likely N-dealkylation sites (tertiary alicyclic amines) is 2. The van der Waals surface area contributed by atoms with Gasteiger partial charge in [0.15, 0.2) is 0 Å². The van der Waals surface area contributed by atoms with Crippen molar-refractivity contribution in [3.63, 3.8) is 0 Å². The van der Waals surface area contributed by atoms with Crippen LogP contribution in [0.3, 0.4) is 0 Å². The molecule has 330 valence electrons. The number of nitrogens with zero attached hydrogens (tertiary/aromatic N) is 5. The molecule has 2 aromatic heterocycles. The van der Waals surface area contributed by atoms with Gasteiger partial charge in [0, 0.05) is 62.0 Å². The van der Waals surface area contributed by atoms with Gasteiger partial charge in [-0.2, -0.15) is 0 Å². The Balaban J connectivity index is 0.953. The van der Waals surface area contributed by atoms with Gasteiger partial charge in [0.25, 0.3) is 23.6 Å². The molecule has 63 heavy (non-hydrogen) atoms. The van der Waals surface area contributed by atoms with Crippen LogP contribution >= 0.6 is 0 Å². The largest absolute Gasteiger partial charge is 0.443 e. The molecule has 4 aromatic rings. The minimum absolute atomic E-state index is 0.0194. The SMILES string of the molecule is CN1CCC[C@@H]1c1cc2cnc(NC(=O)c3ccc(CCCC#Cc4cccc5c4C(=O)N(C4CCC(=O)N(COCC[Si](C)(C)C)C4=O)C5=O)cc3)cc2n1C(=O)OC(C)(C)C. The lowest BCUT2D eigenvalue weighted by Gasteiger charge is -2.34. The number of pyridine rings is 1. The van der Waals surface area contributed by atoms with E-state index in [0.29, 0.717) is 48.3 Å². The Hall–Kier alpha value is -5.95. The van der Waals surface area contributed by atoms with E-state index in [1.54, 1.807) is 47.2 Å². The average molecular weight is 873 g/mol. The third kappa shape index (κ3) is 10.1. The maximum Gasteiger partial charge on any atom is 0.419 e. The second-order valence-electron chi connectivity index (χ2n) is 18.7. The first-order valence-corrected chi connectivity index (χ1v) is 25.4. The Bertz CT molecular complexity index is 2530. The van der Waals surface area contributed by atoms with Gasteiger partial charge in [-0.05, 0) is 108 Å². The lowest BCUT2D eigenvalue weighted by Crippen LogP contribution is -2.56. The number of ether oxygens (including phenoxy) is 2. The molecule has 0 spiro atoms. The third-order valence-corrected chi connectivity index (χ3v) is 13.3. The lowest BCUT2D eigenvalue weighted by atomic mass is 10.0. The monoisotopic (exact) mass is 872 g/mol. The van der Waals surface area contributed by atoms with Crippen molar-refractivity contribution in [1.82, 2.24) is 24.3 Å². The quantitative estimate of drug-likeness (QED) is 0.0649. The molecule has 0 radical (unpaired) electrons. The van der Waals surface area contributed by atoms with Crippen molar-refractivity contribution in [2.24, 2.45) is 0 Å². The molecular weight excluding hydrogens is 817 g/mol. The van der Waals surface area contributed by atoms with E-state index in [-0.39, 0.29) is 48.6 Å².